The second-order valence-electron chi connectivity index (χ2n) is 8.19. The van der Waals surface area contributed by atoms with E-state index in [2.05, 4.69) is 150 Å². The van der Waals surface area contributed by atoms with E-state index in [-0.39, 0.29) is 15.8 Å². The summed E-state index contributed by atoms with van der Waals surface area (Å²) >= 11 is 6.00. The molecule has 0 unspecified atom stereocenters. The van der Waals surface area contributed by atoms with Gasteiger partial charge in [-0.3, -0.25) is 0 Å². The van der Waals surface area contributed by atoms with E-state index in [4.69, 9.17) is 0 Å². The first kappa shape index (κ1) is 26.3. The van der Waals surface area contributed by atoms with Crippen molar-refractivity contribution in [3.8, 4) is 0 Å². The van der Waals surface area contributed by atoms with Gasteiger partial charge in [-0.05, 0) is 61.2 Å². The first-order valence-corrected chi connectivity index (χ1v) is 19.1. The Labute approximate surface area is 226 Å². The van der Waals surface area contributed by atoms with Gasteiger partial charge in [-0.1, -0.05) is 128 Å². The molecule has 5 rings (SSSR count). The van der Waals surface area contributed by atoms with Crippen LogP contribution >= 0.6 is 44.3 Å². The first-order chi connectivity index (χ1) is 16.8. The average molecular weight is 657 g/mol. The van der Waals surface area contributed by atoms with Gasteiger partial charge in [0.1, 0.15) is 0 Å². The zero-order valence-corrected chi connectivity index (χ0v) is 24.7. The normalized spacial score (nSPS) is 17.5. The topological polar surface area (TPSA) is 0 Å². The van der Waals surface area contributed by atoms with Gasteiger partial charge in [0.15, 0.2) is 0 Å². The Morgan fingerprint density at radius 1 is 0.471 bits per heavy atom. The maximum atomic E-state index is 3.00. The molecule has 0 radical (unpaired) electrons. The van der Waals surface area contributed by atoms with Crippen molar-refractivity contribution in [2.24, 2.45) is 0 Å². The third-order valence-corrected chi connectivity index (χ3v) is 12.5. The van der Waals surface area contributed by atoms with Crippen LogP contribution in [0.3, 0.4) is 0 Å². The molecule has 178 valence electrons. The fraction of sp³-hybridized carbons (Fsp3) is 0.172. The van der Waals surface area contributed by atoms with Crippen molar-refractivity contribution < 1.29 is 10.9 Å². The van der Waals surface area contributed by atoms with E-state index in [9.17, 15) is 0 Å². The van der Waals surface area contributed by atoms with Crippen molar-refractivity contribution in [2.45, 2.75) is 30.6 Å². The summed E-state index contributed by atoms with van der Waals surface area (Å²) in [6.07, 6.45) is 4.00. The van der Waals surface area contributed by atoms with E-state index < -0.39 is 0 Å². The molecular weight excluding hydrogens is 629 g/mol. The van der Waals surface area contributed by atoms with E-state index in [1.807, 2.05) is 0 Å². The van der Waals surface area contributed by atoms with Crippen molar-refractivity contribution in [3.63, 3.8) is 0 Å². The van der Waals surface area contributed by atoms with Crippen LogP contribution in [0.5, 0.6) is 0 Å². The standard InChI is InChI=1S/C29H28P2.2BrH.Ni/c1-5-14-24(15-6-1)30(25-16-7-2-8-17-25)28-22-13-23-29(28)31(26-18-9-3-10-19-26)27-20-11-4-12-21-27;;;/h1-12,14-21,28-29H,13,22-23H2;2*1H;/q;;;+2/p-2/t28-,29-;;;/m1.../s1. The molecule has 34 heavy (non-hydrogen) atoms. The van der Waals surface area contributed by atoms with Crippen molar-refractivity contribution in [2.75, 3.05) is 0 Å². The molecule has 0 heterocycles. The molecule has 0 aromatic heterocycles. The predicted molar refractivity (Wildman–Crippen MR) is 157 cm³/mol. The molecule has 4 aromatic carbocycles. The molecule has 1 aliphatic rings. The van der Waals surface area contributed by atoms with Gasteiger partial charge in [0.05, 0.1) is 0 Å². The summed E-state index contributed by atoms with van der Waals surface area (Å²) in [5.41, 5.74) is 1.43. The zero-order valence-electron chi connectivity index (χ0n) is 18.8. The Morgan fingerprint density at radius 2 is 0.706 bits per heavy atom. The first-order valence-electron chi connectivity index (χ1n) is 11.4. The summed E-state index contributed by atoms with van der Waals surface area (Å²) in [4.78, 5) is 0. The fourth-order valence-electron chi connectivity index (χ4n) is 4.94. The molecule has 0 nitrogen and oxygen atoms in total. The van der Waals surface area contributed by atoms with Crippen molar-refractivity contribution in [1.29, 1.82) is 0 Å². The van der Waals surface area contributed by atoms with Gasteiger partial charge in [-0.15, -0.1) is 0 Å². The molecule has 0 aliphatic heterocycles. The summed E-state index contributed by atoms with van der Waals surface area (Å²) in [6, 6.07) is 45.2. The Hall–Kier alpha value is -0.806. The van der Waals surface area contributed by atoms with Crippen molar-refractivity contribution in [3.05, 3.63) is 121 Å². The Kier molecular flexibility index (Phi) is 10.9. The number of rotatable bonds is 6. The van der Waals surface area contributed by atoms with Crippen LogP contribution in [0.2, 0.25) is 0 Å². The molecule has 4 aromatic rings. The largest absolute Gasteiger partial charge is 0.0622 e. The third kappa shape index (κ3) is 6.69. The monoisotopic (exact) mass is 654 g/mol. The zero-order chi connectivity index (χ0) is 23.6. The minimum Gasteiger partial charge on any atom is -0.0622 e. The van der Waals surface area contributed by atoms with E-state index in [1.54, 1.807) is 0 Å². The van der Waals surface area contributed by atoms with Gasteiger partial charge in [-0.2, -0.15) is 0 Å². The molecule has 0 spiro atoms. The molecule has 2 atom stereocenters. The van der Waals surface area contributed by atoms with Crippen LogP contribution < -0.4 is 21.2 Å². The van der Waals surface area contributed by atoms with Crippen molar-refractivity contribution in [1.82, 2.24) is 0 Å². The van der Waals surface area contributed by atoms with Gasteiger partial charge >= 0.3 is 39.3 Å². The Bertz CT molecular complexity index is 930. The summed E-state index contributed by atoms with van der Waals surface area (Å²) < 4.78 is 0. The minimum atomic E-state index is -0.388. The summed E-state index contributed by atoms with van der Waals surface area (Å²) in [6.45, 7) is 0. The van der Waals surface area contributed by atoms with Crippen LogP contribution in [-0.2, 0) is 10.9 Å². The van der Waals surface area contributed by atoms with Crippen LogP contribution in [0.25, 0.3) is 0 Å². The third-order valence-electron chi connectivity index (χ3n) is 6.24. The smallest absolute Gasteiger partial charge is 0.00551 e. The van der Waals surface area contributed by atoms with Crippen LogP contribution in [0.1, 0.15) is 19.3 Å². The Morgan fingerprint density at radius 3 is 0.941 bits per heavy atom. The predicted octanol–water partition coefficient (Wildman–Crippen LogP) is 7.86. The average Bonchev–Trinajstić information content (AvgIpc) is 3.36. The molecule has 0 bridgehead atoms. The number of hydrogen-bond donors (Lipinski definition) is 0. The number of benzene rings is 4. The molecular formula is C29H28Br2NiP2. The maximum absolute atomic E-state index is 3.00. The fourth-order valence-corrected chi connectivity index (χ4v) is 11.7. The van der Waals surface area contributed by atoms with Gasteiger partial charge in [0, 0.05) is 0 Å². The molecule has 1 fully saturated rings. The van der Waals surface area contributed by atoms with E-state index in [0.29, 0.717) is 11.3 Å². The summed E-state index contributed by atoms with van der Waals surface area (Å²) in [5.74, 6) is 0. The van der Waals surface area contributed by atoms with Crippen LogP contribution in [0, 0.1) is 0 Å². The molecule has 0 N–H and O–H groups in total. The SMILES string of the molecule is [Br][Ni][Br].c1ccc(P(c2ccccc2)[C@@H]2CCC[C@H]2P(c2ccccc2)c2ccccc2)cc1. The number of hydrogen-bond acceptors (Lipinski definition) is 0. The van der Waals surface area contributed by atoms with Crippen LogP contribution in [0.15, 0.2) is 121 Å². The minimum absolute atomic E-state index is 0.388. The molecule has 1 saturated carbocycles. The second-order valence-corrected chi connectivity index (χ2v) is 18.0. The molecule has 0 saturated heterocycles. The summed E-state index contributed by atoms with van der Waals surface area (Å²) in [7, 11) is 0.473. The number of halogens is 2. The molecule has 5 heteroatoms. The van der Waals surface area contributed by atoms with Crippen molar-refractivity contribution >= 4 is 65.5 Å². The molecule has 1 aliphatic carbocycles. The van der Waals surface area contributed by atoms with Gasteiger partial charge in [0.25, 0.3) is 0 Å². The van der Waals surface area contributed by atoms with Crippen LogP contribution in [-0.4, -0.2) is 11.3 Å². The quantitative estimate of drug-likeness (QED) is 0.147. The second kappa shape index (κ2) is 14.1. The van der Waals surface area contributed by atoms with E-state index in [1.165, 1.54) is 51.4 Å². The van der Waals surface area contributed by atoms with Crippen LogP contribution in [0.4, 0.5) is 0 Å². The van der Waals surface area contributed by atoms with Gasteiger partial charge in [0.2, 0.25) is 0 Å². The maximum Gasteiger partial charge on any atom is -0.00551 e. The van der Waals surface area contributed by atoms with Gasteiger partial charge < -0.3 is 0 Å². The van der Waals surface area contributed by atoms with E-state index in [0.717, 1.165) is 0 Å². The van der Waals surface area contributed by atoms with Gasteiger partial charge in [-0.25, -0.2) is 0 Å². The summed E-state index contributed by atoms with van der Waals surface area (Å²) in [5, 5.41) is 6.10. The molecule has 0 amide bonds. The Balaban J connectivity index is 0.000000868. The van der Waals surface area contributed by atoms with E-state index >= 15 is 0 Å².